The molecule has 0 radical (unpaired) electrons. The Morgan fingerprint density at radius 3 is 2.63 bits per heavy atom. The van der Waals surface area contributed by atoms with Gasteiger partial charge in [-0.3, -0.25) is 4.79 Å². The molecule has 1 atom stereocenters. The molecule has 0 fully saturated rings. The van der Waals surface area contributed by atoms with Crippen LogP contribution in [0.25, 0.3) is 0 Å². The van der Waals surface area contributed by atoms with Gasteiger partial charge in [0.25, 0.3) is 0 Å². The van der Waals surface area contributed by atoms with E-state index < -0.39 is 0 Å². The largest absolute Gasteiger partial charge is 0.339 e. The maximum Gasteiger partial charge on any atom is 0.240 e. The molecule has 19 heavy (non-hydrogen) atoms. The van der Waals surface area contributed by atoms with Gasteiger partial charge in [0.05, 0.1) is 6.04 Å². The summed E-state index contributed by atoms with van der Waals surface area (Å²) in [5.41, 5.74) is 2.52. The average molecular weight is 260 g/mol. The minimum Gasteiger partial charge on any atom is -0.339 e. The number of likely N-dealkylation sites (N-methyl/N-ethyl adjacent to an activating group) is 1. The van der Waals surface area contributed by atoms with Crippen molar-refractivity contribution in [1.82, 2.24) is 10.2 Å². The van der Waals surface area contributed by atoms with Crippen molar-refractivity contribution in [2.24, 2.45) is 0 Å². The molecule has 0 spiro atoms. The molecule has 0 saturated carbocycles. The van der Waals surface area contributed by atoms with Gasteiger partial charge in [0, 0.05) is 19.1 Å². The number of carbonyl (C=O) groups excluding carboxylic acids is 1. The fourth-order valence-corrected chi connectivity index (χ4v) is 2.40. The van der Waals surface area contributed by atoms with Gasteiger partial charge < -0.3 is 10.2 Å². The van der Waals surface area contributed by atoms with Crippen LogP contribution < -0.4 is 5.32 Å². The predicted molar refractivity (Wildman–Crippen MR) is 77.9 cm³/mol. The van der Waals surface area contributed by atoms with Crippen LogP contribution >= 0.6 is 0 Å². The number of carbonyl (C=O) groups is 1. The van der Waals surface area contributed by atoms with E-state index in [0.29, 0.717) is 0 Å². The molecule has 0 aliphatic carbocycles. The number of rotatable bonds is 3. The van der Waals surface area contributed by atoms with E-state index in [1.54, 1.807) is 0 Å². The van der Waals surface area contributed by atoms with Crippen molar-refractivity contribution in [3.63, 3.8) is 0 Å². The predicted octanol–water partition coefficient (Wildman–Crippen LogP) is 2.35. The summed E-state index contributed by atoms with van der Waals surface area (Å²) in [6.45, 7) is 7.13. The van der Waals surface area contributed by atoms with Gasteiger partial charge in [-0.05, 0) is 37.8 Å². The van der Waals surface area contributed by atoms with E-state index in [1.165, 1.54) is 11.1 Å². The summed E-state index contributed by atoms with van der Waals surface area (Å²) in [5.74, 6) is 0.196. The second-order valence-electron chi connectivity index (χ2n) is 5.97. The summed E-state index contributed by atoms with van der Waals surface area (Å²) in [5, 5.41) is 3.36. The fourth-order valence-electron chi connectivity index (χ4n) is 2.40. The van der Waals surface area contributed by atoms with Crippen molar-refractivity contribution >= 4 is 5.91 Å². The van der Waals surface area contributed by atoms with Gasteiger partial charge in [-0.2, -0.15) is 0 Å². The van der Waals surface area contributed by atoms with Crippen LogP contribution in [0.4, 0.5) is 0 Å². The third-order valence-corrected chi connectivity index (χ3v) is 4.48. The Kier molecular flexibility index (Phi) is 3.95. The molecule has 1 aromatic rings. The normalized spacial score (nSPS) is 18.8. The molecule has 0 bridgehead atoms. The van der Waals surface area contributed by atoms with E-state index in [2.05, 4.69) is 44.3 Å². The zero-order valence-corrected chi connectivity index (χ0v) is 12.4. The standard InChI is InChI=1S/C16H24N2O/c1-5-16(2,3)18(4)15(19)14-10-12-8-6-7-9-13(12)11-17-14/h6-9,14,17H,5,10-11H2,1-4H3/t14-/m1/s1. The van der Waals surface area contributed by atoms with Gasteiger partial charge in [-0.25, -0.2) is 0 Å². The van der Waals surface area contributed by atoms with E-state index in [9.17, 15) is 4.79 Å². The lowest BCUT2D eigenvalue weighted by Crippen LogP contribution is -2.54. The maximum absolute atomic E-state index is 12.6. The lowest BCUT2D eigenvalue weighted by molar-refractivity contribution is -0.137. The molecule has 1 aromatic carbocycles. The molecule has 1 amide bonds. The van der Waals surface area contributed by atoms with Crippen LogP contribution in [0.1, 0.15) is 38.3 Å². The van der Waals surface area contributed by atoms with Crippen molar-refractivity contribution in [2.75, 3.05) is 7.05 Å². The monoisotopic (exact) mass is 260 g/mol. The van der Waals surface area contributed by atoms with Gasteiger partial charge in [0.1, 0.15) is 0 Å². The Balaban J connectivity index is 2.11. The molecule has 0 saturated heterocycles. The van der Waals surface area contributed by atoms with E-state index in [0.717, 1.165) is 19.4 Å². The lowest BCUT2D eigenvalue weighted by Gasteiger charge is -2.38. The van der Waals surface area contributed by atoms with Gasteiger partial charge in [0.15, 0.2) is 0 Å². The molecule has 104 valence electrons. The highest BCUT2D eigenvalue weighted by atomic mass is 16.2. The molecule has 2 rings (SSSR count). The van der Waals surface area contributed by atoms with Crippen LogP contribution in [0.2, 0.25) is 0 Å². The Morgan fingerprint density at radius 1 is 1.37 bits per heavy atom. The minimum atomic E-state index is -0.0919. The summed E-state index contributed by atoms with van der Waals surface area (Å²) in [7, 11) is 1.91. The first-order chi connectivity index (χ1) is 8.95. The highest BCUT2D eigenvalue weighted by Crippen LogP contribution is 2.21. The topological polar surface area (TPSA) is 32.3 Å². The molecular formula is C16H24N2O. The first-order valence-corrected chi connectivity index (χ1v) is 7.03. The Labute approximate surface area is 116 Å². The van der Waals surface area contributed by atoms with Crippen molar-refractivity contribution in [3.05, 3.63) is 35.4 Å². The zero-order valence-electron chi connectivity index (χ0n) is 12.4. The van der Waals surface area contributed by atoms with Crippen molar-refractivity contribution in [1.29, 1.82) is 0 Å². The van der Waals surface area contributed by atoms with E-state index in [-0.39, 0.29) is 17.5 Å². The van der Waals surface area contributed by atoms with E-state index in [4.69, 9.17) is 0 Å². The molecule has 0 unspecified atom stereocenters. The first kappa shape index (κ1) is 14.1. The number of amides is 1. The summed E-state index contributed by atoms with van der Waals surface area (Å²) in [6, 6.07) is 8.26. The third kappa shape index (κ3) is 2.81. The summed E-state index contributed by atoms with van der Waals surface area (Å²) in [4.78, 5) is 14.5. The Bertz CT molecular complexity index is 468. The van der Waals surface area contributed by atoms with Crippen LogP contribution in [-0.2, 0) is 17.8 Å². The van der Waals surface area contributed by atoms with Gasteiger partial charge >= 0.3 is 0 Å². The zero-order chi connectivity index (χ0) is 14.0. The van der Waals surface area contributed by atoms with Crippen LogP contribution in [0.15, 0.2) is 24.3 Å². The molecule has 1 N–H and O–H groups in total. The van der Waals surface area contributed by atoms with Gasteiger partial charge in [-0.1, -0.05) is 31.2 Å². The van der Waals surface area contributed by atoms with Crippen LogP contribution in [-0.4, -0.2) is 29.4 Å². The van der Waals surface area contributed by atoms with Crippen molar-refractivity contribution in [2.45, 2.75) is 51.7 Å². The maximum atomic E-state index is 12.6. The number of nitrogens with one attached hydrogen (secondary N) is 1. The molecule has 3 nitrogen and oxygen atoms in total. The molecule has 1 heterocycles. The Hall–Kier alpha value is -1.35. The SMILES string of the molecule is CCC(C)(C)N(C)C(=O)[C@H]1Cc2ccccc2CN1. The lowest BCUT2D eigenvalue weighted by atomic mass is 9.93. The summed E-state index contributed by atoms with van der Waals surface area (Å²) < 4.78 is 0. The van der Waals surface area contributed by atoms with Crippen LogP contribution in [0.3, 0.4) is 0 Å². The third-order valence-electron chi connectivity index (χ3n) is 4.48. The first-order valence-electron chi connectivity index (χ1n) is 7.03. The smallest absolute Gasteiger partial charge is 0.240 e. The number of benzene rings is 1. The highest BCUT2D eigenvalue weighted by Gasteiger charge is 2.32. The number of nitrogens with zero attached hydrogens (tertiary/aromatic N) is 1. The van der Waals surface area contributed by atoms with E-state index in [1.807, 2.05) is 18.0 Å². The second kappa shape index (κ2) is 5.33. The molecule has 0 aromatic heterocycles. The highest BCUT2D eigenvalue weighted by molar-refractivity contribution is 5.83. The quantitative estimate of drug-likeness (QED) is 0.905. The average Bonchev–Trinajstić information content (AvgIpc) is 2.45. The Morgan fingerprint density at radius 2 is 2.00 bits per heavy atom. The van der Waals surface area contributed by atoms with Crippen LogP contribution in [0, 0.1) is 0 Å². The molecule has 1 aliphatic heterocycles. The summed E-state index contributed by atoms with van der Waals surface area (Å²) >= 11 is 0. The minimum absolute atomic E-state index is 0.0876. The van der Waals surface area contributed by atoms with E-state index >= 15 is 0 Å². The number of hydrogen-bond donors (Lipinski definition) is 1. The van der Waals surface area contributed by atoms with Gasteiger partial charge in [0.2, 0.25) is 5.91 Å². The second-order valence-corrected chi connectivity index (χ2v) is 5.97. The van der Waals surface area contributed by atoms with Crippen molar-refractivity contribution in [3.8, 4) is 0 Å². The molecule has 3 heteroatoms. The van der Waals surface area contributed by atoms with Gasteiger partial charge in [-0.15, -0.1) is 0 Å². The van der Waals surface area contributed by atoms with Crippen LogP contribution in [0.5, 0.6) is 0 Å². The van der Waals surface area contributed by atoms with Crippen molar-refractivity contribution < 1.29 is 4.79 Å². The number of hydrogen-bond acceptors (Lipinski definition) is 2. The molecular weight excluding hydrogens is 236 g/mol. The molecule has 1 aliphatic rings. The summed E-state index contributed by atoms with van der Waals surface area (Å²) in [6.07, 6.45) is 1.75. The number of fused-ring (bicyclic) bond motifs is 1. The fraction of sp³-hybridized carbons (Fsp3) is 0.562.